The summed E-state index contributed by atoms with van der Waals surface area (Å²) in [6, 6.07) is 10.2. The topological polar surface area (TPSA) is 37.3 Å². The molecule has 0 aliphatic carbocycles. The third-order valence-corrected chi connectivity index (χ3v) is 2.98. The molecule has 0 aliphatic rings. The van der Waals surface area contributed by atoms with Crippen molar-refractivity contribution < 1.29 is 9.47 Å². The summed E-state index contributed by atoms with van der Waals surface area (Å²) in [5.41, 5.74) is 1.19. The maximum atomic E-state index is 5.56. The smallest absolute Gasteiger partial charge is 0.195 e. The number of rotatable bonds is 9. The summed E-state index contributed by atoms with van der Waals surface area (Å²) in [5, 5.41) is 0. The molecule has 0 spiro atoms. The van der Waals surface area contributed by atoms with Crippen molar-refractivity contribution in [3.8, 4) is 0 Å². The van der Waals surface area contributed by atoms with Crippen LogP contribution in [-0.2, 0) is 16.1 Å². The molecular weight excluding hydrogens is 405 g/mol. The number of halogens is 1. The van der Waals surface area contributed by atoms with E-state index in [1.165, 1.54) is 5.56 Å². The highest BCUT2D eigenvalue weighted by molar-refractivity contribution is 14.0. The van der Waals surface area contributed by atoms with Crippen LogP contribution in [0.25, 0.3) is 0 Å². The van der Waals surface area contributed by atoms with E-state index < -0.39 is 0 Å². The highest BCUT2D eigenvalue weighted by Gasteiger charge is 2.02. The largest absolute Gasteiger partial charge is 0.379 e. The van der Waals surface area contributed by atoms with Crippen LogP contribution in [0.1, 0.15) is 12.0 Å². The summed E-state index contributed by atoms with van der Waals surface area (Å²) in [6.07, 6.45) is 0.921. The highest BCUT2D eigenvalue weighted by Crippen LogP contribution is 2.00. The van der Waals surface area contributed by atoms with Crippen molar-refractivity contribution in [3.05, 3.63) is 35.9 Å². The molecule has 1 aromatic carbocycles. The van der Waals surface area contributed by atoms with E-state index in [2.05, 4.69) is 17.1 Å². The molecule has 0 aromatic heterocycles. The lowest BCUT2D eigenvalue weighted by molar-refractivity contribution is 0.0403. The third-order valence-electron chi connectivity index (χ3n) is 2.98. The minimum absolute atomic E-state index is 0. The second-order valence-electron chi connectivity index (χ2n) is 5.47. The molecule has 0 unspecified atom stereocenters. The van der Waals surface area contributed by atoms with E-state index >= 15 is 0 Å². The van der Waals surface area contributed by atoms with Crippen molar-refractivity contribution >= 4 is 29.9 Å². The monoisotopic (exact) mass is 435 g/mol. The number of benzene rings is 1. The molecule has 0 atom stereocenters. The van der Waals surface area contributed by atoms with Crippen molar-refractivity contribution in [1.29, 1.82) is 0 Å². The molecule has 1 aromatic rings. The lowest BCUT2D eigenvalue weighted by Crippen LogP contribution is -2.35. The molecule has 0 saturated carbocycles. The number of hydrogen-bond acceptors (Lipinski definition) is 3. The summed E-state index contributed by atoms with van der Waals surface area (Å²) in [6.45, 7) is 3.38. The van der Waals surface area contributed by atoms with E-state index in [9.17, 15) is 0 Å². The van der Waals surface area contributed by atoms with Crippen LogP contribution in [0.2, 0.25) is 0 Å². The molecule has 132 valence electrons. The summed E-state index contributed by atoms with van der Waals surface area (Å²) in [5.74, 6) is 0.978. The maximum absolute atomic E-state index is 5.56. The molecule has 0 fully saturated rings. The summed E-state index contributed by atoms with van der Waals surface area (Å²) >= 11 is 0. The van der Waals surface area contributed by atoms with Crippen molar-refractivity contribution in [3.63, 3.8) is 0 Å². The van der Waals surface area contributed by atoms with Gasteiger partial charge in [0, 0.05) is 41.3 Å². The van der Waals surface area contributed by atoms with Gasteiger partial charge in [-0.15, -0.1) is 24.0 Å². The molecular formula is C17H30IN3O2. The average molecular weight is 435 g/mol. The Morgan fingerprint density at radius 3 is 2.13 bits per heavy atom. The zero-order chi connectivity index (χ0) is 16.2. The van der Waals surface area contributed by atoms with E-state index in [-0.39, 0.29) is 24.0 Å². The van der Waals surface area contributed by atoms with Crippen LogP contribution in [-0.4, -0.2) is 70.3 Å². The Kier molecular flexibility index (Phi) is 13.1. The molecule has 0 bridgehead atoms. The Morgan fingerprint density at radius 2 is 1.52 bits per heavy atom. The number of aliphatic imine (C=N–C) groups is 1. The van der Waals surface area contributed by atoms with Crippen molar-refractivity contribution in [2.24, 2.45) is 4.99 Å². The van der Waals surface area contributed by atoms with Gasteiger partial charge in [-0.05, 0) is 12.0 Å². The van der Waals surface area contributed by atoms with Crippen molar-refractivity contribution in [2.45, 2.75) is 13.0 Å². The van der Waals surface area contributed by atoms with Crippen LogP contribution in [0, 0.1) is 0 Å². The van der Waals surface area contributed by atoms with Crippen molar-refractivity contribution in [1.82, 2.24) is 9.80 Å². The first-order chi connectivity index (χ1) is 10.6. The SMILES string of the molecule is CN(C)C(=NCCCOCCOCc1ccccc1)N(C)C.I. The minimum Gasteiger partial charge on any atom is -0.379 e. The van der Waals surface area contributed by atoms with Gasteiger partial charge in [0.1, 0.15) is 0 Å². The summed E-state index contributed by atoms with van der Waals surface area (Å²) in [4.78, 5) is 8.58. The molecule has 0 saturated heterocycles. The Bertz CT molecular complexity index is 415. The van der Waals surface area contributed by atoms with Gasteiger partial charge in [0.05, 0.1) is 19.8 Å². The lowest BCUT2D eigenvalue weighted by Gasteiger charge is -2.22. The first-order valence-electron chi connectivity index (χ1n) is 7.69. The molecule has 6 heteroatoms. The van der Waals surface area contributed by atoms with Gasteiger partial charge >= 0.3 is 0 Å². The van der Waals surface area contributed by atoms with Crippen LogP contribution in [0.4, 0.5) is 0 Å². The summed E-state index contributed by atoms with van der Waals surface area (Å²) < 4.78 is 11.1. The number of ether oxygens (including phenoxy) is 2. The number of hydrogen-bond donors (Lipinski definition) is 0. The fourth-order valence-corrected chi connectivity index (χ4v) is 2.01. The van der Waals surface area contributed by atoms with Crippen LogP contribution in [0.3, 0.4) is 0 Å². The molecule has 0 aliphatic heterocycles. The van der Waals surface area contributed by atoms with Crippen molar-refractivity contribution in [2.75, 3.05) is 54.6 Å². The second-order valence-corrected chi connectivity index (χ2v) is 5.47. The number of nitrogens with zero attached hydrogens (tertiary/aromatic N) is 3. The predicted molar refractivity (Wildman–Crippen MR) is 107 cm³/mol. The Balaban J connectivity index is 0.00000484. The van der Waals surface area contributed by atoms with E-state index in [1.54, 1.807) is 0 Å². The zero-order valence-corrected chi connectivity index (χ0v) is 17.0. The second kappa shape index (κ2) is 13.6. The van der Waals surface area contributed by atoms with Gasteiger partial charge in [0.2, 0.25) is 0 Å². The molecule has 0 heterocycles. The van der Waals surface area contributed by atoms with E-state index in [4.69, 9.17) is 9.47 Å². The quantitative estimate of drug-likeness (QED) is 0.259. The molecule has 0 N–H and O–H groups in total. The Hall–Kier alpha value is -0.860. The van der Waals surface area contributed by atoms with Gasteiger partial charge in [-0.1, -0.05) is 30.3 Å². The van der Waals surface area contributed by atoms with E-state index in [0.717, 1.165) is 18.9 Å². The normalized spacial score (nSPS) is 9.91. The molecule has 0 amide bonds. The summed E-state index contributed by atoms with van der Waals surface area (Å²) in [7, 11) is 8.00. The van der Waals surface area contributed by atoms with Crippen LogP contribution in [0.5, 0.6) is 0 Å². The van der Waals surface area contributed by atoms with Crippen LogP contribution >= 0.6 is 24.0 Å². The average Bonchev–Trinajstić information content (AvgIpc) is 2.49. The van der Waals surface area contributed by atoms with Crippen LogP contribution < -0.4 is 0 Å². The zero-order valence-electron chi connectivity index (χ0n) is 14.7. The molecule has 1 rings (SSSR count). The van der Waals surface area contributed by atoms with Gasteiger partial charge in [-0.25, -0.2) is 0 Å². The van der Waals surface area contributed by atoms with Gasteiger partial charge in [-0.2, -0.15) is 0 Å². The first kappa shape index (κ1) is 22.1. The lowest BCUT2D eigenvalue weighted by atomic mass is 10.2. The fourth-order valence-electron chi connectivity index (χ4n) is 2.01. The molecule has 0 radical (unpaired) electrons. The highest BCUT2D eigenvalue weighted by atomic mass is 127. The maximum Gasteiger partial charge on any atom is 0.195 e. The molecule has 23 heavy (non-hydrogen) atoms. The van der Waals surface area contributed by atoms with E-state index in [0.29, 0.717) is 26.4 Å². The third kappa shape index (κ3) is 10.5. The number of guanidine groups is 1. The minimum atomic E-state index is 0. The fraction of sp³-hybridized carbons (Fsp3) is 0.588. The van der Waals surface area contributed by atoms with Gasteiger partial charge in [0.15, 0.2) is 5.96 Å². The molecule has 5 nitrogen and oxygen atoms in total. The van der Waals surface area contributed by atoms with E-state index in [1.807, 2.05) is 56.2 Å². The predicted octanol–water partition coefficient (Wildman–Crippen LogP) is 2.71. The van der Waals surface area contributed by atoms with Gasteiger partial charge < -0.3 is 19.3 Å². The van der Waals surface area contributed by atoms with Crippen LogP contribution in [0.15, 0.2) is 35.3 Å². The Morgan fingerprint density at radius 1 is 0.913 bits per heavy atom. The first-order valence-corrected chi connectivity index (χ1v) is 7.69. The standard InChI is InChI=1S/C17H29N3O2.HI/c1-19(2)17(20(3)4)18-11-8-12-21-13-14-22-15-16-9-6-5-7-10-16;/h5-7,9-10H,8,11-15H2,1-4H3;1H. The van der Waals surface area contributed by atoms with Gasteiger partial charge in [-0.3, -0.25) is 4.99 Å². The van der Waals surface area contributed by atoms with Gasteiger partial charge in [0.25, 0.3) is 0 Å². The Labute approximate surface area is 157 Å².